The van der Waals surface area contributed by atoms with Gasteiger partial charge in [-0.1, -0.05) is 36.4 Å². The molecule has 25 heavy (non-hydrogen) atoms. The molecule has 0 bridgehead atoms. The highest BCUT2D eigenvalue weighted by molar-refractivity contribution is 5.98. The summed E-state index contributed by atoms with van der Waals surface area (Å²) in [5.41, 5.74) is 7.93. The third kappa shape index (κ3) is 3.54. The van der Waals surface area contributed by atoms with Crippen LogP contribution in [0.2, 0.25) is 0 Å². The van der Waals surface area contributed by atoms with Crippen LogP contribution in [-0.4, -0.2) is 16.4 Å². The van der Waals surface area contributed by atoms with Gasteiger partial charge in [-0.3, -0.25) is 9.78 Å². The number of carbonyl (C=O) groups excluding carboxylic acids is 1. The van der Waals surface area contributed by atoms with Gasteiger partial charge in [-0.25, -0.2) is 0 Å². The molecule has 0 aliphatic heterocycles. The molecule has 4 heteroatoms. The van der Waals surface area contributed by atoms with Gasteiger partial charge in [0.25, 0.3) is 0 Å². The molecule has 4 nitrogen and oxygen atoms in total. The van der Waals surface area contributed by atoms with Gasteiger partial charge < -0.3 is 11.1 Å². The van der Waals surface area contributed by atoms with Crippen LogP contribution in [0.25, 0.3) is 10.8 Å². The highest BCUT2D eigenvalue weighted by Crippen LogP contribution is 2.41. The van der Waals surface area contributed by atoms with Crippen molar-refractivity contribution in [2.45, 2.75) is 30.7 Å². The summed E-state index contributed by atoms with van der Waals surface area (Å²) in [7, 11) is 0. The van der Waals surface area contributed by atoms with Crippen molar-refractivity contribution in [3.05, 3.63) is 72.6 Å². The second-order valence-corrected chi connectivity index (χ2v) is 6.96. The highest BCUT2D eigenvalue weighted by Gasteiger charge is 2.42. The van der Waals surface area contributed by atoms with Gasteiger partial charge in [0.2, 0.25) is 5.91 Å². The minimum atomic E-state index is -0.234. The first-order valence-corrected chi connectivity index (χ1v) is 8.61. The van der Waals surface area contributed by atoms with Crippen molar-refractivity contribution in [2.24, 2.45) is 5.73 Å². The van der Waals surface area contributed by atoms with E-state index in [1.54, 1.807) is 6.20 Å². The first kappa shape index (κ1) is 15.8. The molecule has 126 valence electrons. The lowest BCUT2D eigenvalue weighted by molar-refractivity contribution is -0.117. The Bertz CT molecular complexity index is 903. The number of rotatable bonds is 5. The maximum Gasteiger partial charge on any atom is 0.231 e. The Morgan fingerprint density at radius 2 is 1.92 bits per heavy atom. The van der Waals surface area contributed by atoms with Crippen molar-refractivity contribution < 1.29 is 4.79 Å². The van der Waals surface area contributed by atoms with Crippen LogP contribution in [0, 0.1) is 0 Å². The van der Waals surface area contributed by atoms with E-state index in [1.807, 2.05) is 60.8 Å². The molecule has 1 heterocycles. The second-order valence-electron chi connectivity index (χ2n) is 6.96. The van der Waals surface area contributed by atoms with Crippen LogP contribution >= 0.6 is 0 Å². The van der Waals surface area contributed by atoms with Gasteiger partial charge in [0.05, 0.1) is 5.92 Å². The van der Waals surface area contributed by atoms with E-state index in [0.29, 0.717) is 6.42 Å². The number of nitrogens with zero attached hydrogens (tertiary/aromatic N) is 1. The molecule has 0 radical (unpaired) electrons. The minimum Gasteiger partial charge on any atom is -0.326 e. The van der Waals surface area contributed by atoms with E-state index in [2.05, 4.69) is 10.3 Å². The smallest absolute Gasteiger partial charge is 0.231 e. The number of fused-ring (bicyclic) bond motifs is 1. The molecule has 0 saturated heterocycles. The molecule has 1 amide bonds. The maximum absolute atomic E-state index is 13.0. The molecule has 3 N–H and O–H groups in total. The fraction of sp³-hybridized carbons (Fsp3) is 0.238. The molecule has 1 aliphatic rings. The van der Waals surface area contributed by atoms with Gasteiger partial charge in [0.1, 0.15) is 0 Å². The summed E-state index contributed by atoms with van der Waals surface area (Å²) in [5, 5.41) is 5.18. The number of anilines is 1. The van der Waals surface area contributed by atoms with Gasteiger partial charge in [0, 0.05) is 29.0 Å². The topological polar surface area (TPSA) is 68.0 Å². The van der Waals surface area contributed by atoms with Crippen LogP contribution in [0.5, 0.6) is 0 Å². The number of carbonyl (C=O) groups is 1. The van der Waals surface area contributed by atoms with Crippen LogP contribution in [0.3, 0.4) is 0 Å². The number of nitrogens with two attached hydrogens (primary N) is 1. The summed E-state index contributed by atoms with van der Waals surface area (Å²) in [4.78, 5) is 17.1. The lowest BCUT2D eigenvalue weighted by Gasteiger charge is -2.21. The normalized spacial score (nSPS) is 16.4. The summed E-state index contributed by atoms with van der Waals surface area (Å²) < 4.78 is 0. The lowest BCUT2D eigenvalue weighted by atomic mass is 9.90. The fourth-order valence-corrected chi connectivity index (χ4v) is 3.21. The number of amides is 1. The molecule has 1 unspecified atom stereocenters. The van der Waals surface area contributed by atoms with Crippen molar-refractivity contribution in [3.8, 4) is 0 Å². The standard InChI is InChI=1S/C21H21N3O/c22-21(9-10-21)13-19(15-4-2-1-3-5-15)20(25)24-18-7-6-17-14-23-11-8-16(17)12-18/h1-8,11-12,14,19H,9-10,13,22H2,(H,24,25). The summed E-state index contributed by atoms with van der Waals surface area (Å²) in [5.74, 6) is -0.238. The Hall–Kier alpha value is -2.72. The predicted octanol–water partition coefficient (Wildman–Crippen LogP) is 3.84. The molecule has 1 atom stereocenters. The summed E-state index contributed by atoms with van der Waals surface area (Å²) >= 11 is 0. The number of hydrogen-bond acceptors (Lipinski definition) is 3. The Kier molecular flexibility index (Phi) is 3.98. The van der Waals surface area contributed by atoms with Crippen LogP contribution < -0.4 is 11.1 Å². The van der Waals surface area contributed by atoms with E-state index in [9.17, 15) is 4.79 Å². The van der Waals surface area contributed by atoms with E-state index < -0.39 is 0 Å². The number of nitrogens with one attached hydrogen (secondary N) is 1. The molecular formula is C21H21N3O. The number of benzene rings is 2. The minimum absolute atomic E-state index is 0.00340. The third-order valence-electron chi connectivity index (χ3n) is 4.93. The molecule has 1 saturated carbocycles. The number of aromatic nitrogens is 1. The van der Waals surface area contributed by atoms with Gasteiger partial charge in [0.15, 0.2) is 0 Å². The summed E-state index contributed by atoms with van der Waals surface area (Å²) in [6.45, 7) is 0. The summed E-state index contributed by atoms with van der Waals surface area (Å²) in [6, 6.07) is 17.7. The molecular weight excluding hydrogens is 310 g/mol. The van der Waals surface area contributed by atoms with Gasteiger partial charge in [-0.15, -0.1) is 0 Å². The van der Waals surface area contributed by atoms with Crippen molar-refractivity contribution in [2.75, 3.05) is 5.32 Å². The predicted molar refractivity (Wildman–Crippen MR) is 100 cm³/mol. The molecule has 1 fully saturated rings. The quantitative estimate of drug-likeness (QED) is 0.746. The fourth-order valence-electron chi connectivity index (χ4n) is 3.21. The zero-order valence-corrected chi connectivity index (χ0v) is 14.0. The highest BCUT2D eigenvalue weighted by atomic mass is 16.1. The van der Waals surface area contributed by atoms with E-state index in [-0.39, 0.29) is 17.4 Å². The Morgan fingerprint density at radius 3 is 2.68 bits per heavy atom. The largest absolute Gasteiger partial charge is 0.326 e. The second kappa shape index (κ2) is 6.30. The van der Waals surface area contributed by atoms with E-state index in [4.69, 9.17) is 5.73 Å². The molecule has 3 aromatic rings. The SMILES string of the molecule is NC1(CC(C(=O)Nc2ccc3cnccc3c2)c2ccccc2)CC1. The zero-order valence-electron chi connectivity index (χ0n) is 14.0. The maximum atomic E-state index is 13.0. The van der Waals surface area contributed by atoms with Crippen LogP contribution in [0.4, 0.5) is 5.69 Å². The van der Waals surface area contributed by atoms with Gasteiger partial charge in [-0.2, -0.15) is 0 Å². The van der Waals surface area contributed by atoms with Crippen LogP contribution in [0.15, 0.2) is 67.0 Å². The van der Waals surface area contributed by atoms with Gasteiger partial charge >= 0.3 is 0 Å². The Morgan fingerprint density at radius 1 is 1.12 bits per heavy atom. The third-order valence-corrected chi connectivity index (χ3v) is 4.93. The Balaban J connectivity index is 1.59. The van der Waals surface area contributed by atoms with E-state index >= 15 is 0 Å². The molecule has 1 aromatic heterocycles. The van der Waals surface area contributed by atoms with Crippen molar-refractivity contribution in [1.29, 1.82) is 0 Å². The average Bonchev–Trinajstić information content (AvgIpc) is 3.38. The first-order valence-electron chi connectivity index (χ1n) is 8.61. The number of hydrogen-bond donors (Lipinski definition) is 2. The van der Waals surface area contributed by atoms with Crippen molar-refractivity contribution in [3.63, 3.8) is 0 Å². The van der Waals surface area contributed by atoms with Crippen molar-refractivity contribution >= 4 is 22.4 Å². The molecule has 0 spiro atoms. The molecule has 2 aromatic carbocycles. The monoisotopic (exact) mass is 331 g/mol. The van der Waals surface area contributed by atoms with E-state index in [1.165, 1.54) is 0 Å². The average molecular weight is 331 g/mol. The first-order chi connectivity index (χ1) is 12.1. The molecule has 4 rings (SSSR count). The lowest BCUT2D eigenvalue weighted by Crippen LogP contribution is -2.30. The van der Waals surface area contributed by atoms with E-state index in [0.717, 1.165) is 34.9 Å². The molecule has 1 aliphatic carbocycles. The summed E-state index contributed by atoms with van der Waals surface area (Å²) in [6.07, 6.45) is 6.24. The number of pyridine rings is 1. The van der Waals surface area contributed by atoms with Crippen LogP contribution in [0.1, 0.15) is 30.7 Å². The van der Waals surface area contributed by atoms with Gasteiger partial charge in [-0.05, 0) is 48.4 Å². The Labute approximate surface area is 147 Å². The zero-order chi connectivity index (χ0) is 17.3. The van der Waals surface area contributed by atoms with Crippen LogP contribution in [-0.2, 0) is 4.79 Å². The van der Waals surface area contributed by atoms with Crippen molar-refractivity contribution in [1.82, 2.24) is 4.98 Å².